The highest BCUT2D eigenvalue weighted by atomic mass is 79.9. The minimum atomic E-state index is -0.439. The molecule has 5 nitrogen and oxygen atoms in total. The normalized spacial score (nSPS) is 10.0. The number of aryl methyl sites for hydroxylation is 2. The Morgan fingerprint density at radius 2 is 1.83 bits per heavy atom. The van der Waals surface area contributed by atoms with Crippen molar-refractivity contribution >= 4 is 27.7 Å². The number of carbonyl (C=O) groups is 2. The highest BCUT2D eigenvalue weighted by Crippen LogP contribution is 2.18. The molecule has 0 aromatic heterocycles. The van der Waals surface area contributed by atoms with Crippen LogP contribution in [0.15, 0.2) is 46.9 Å². The van der Waals surface area contributed by atoms with Crippen LogP contribution in [-0.4, -0.2) is 18.4 Å². The third-order valence-corrected chi connectivity index (χ3v) is 3.83. The number of amides is 2. The lowest BCUT2D eigenvalue weighted by Crippen LogP contribution is -2.43. The largest absolute Gasteiger partial charge is 0.483 e. The summed E-state index contributed by atoms with van der Waals surface area (Å²) in [6.45, 7) is 3.67. The predicted molar refractivity (Wildman–Crippen MR) is 91.2 cm³/mol. The van der Waals surface area contributed by atoms with E-state index in [1.807, 2.05) is 32.0 Å². The lowest BCUT2D eigenvalue weighted by Gasteiger charge is -2.11. The van der Waals surface area contributed by atoms with Gasteiger partial charge in [0.2, 0.25) is 0 Å². The first-order valence-corrected chi connectivity index (χ1v) is 7.80. The Labute approximate surface area is 143 Å². The van der Waals surface area contributed by atoms with E-state index in [4.69, 9.17) is 4.74 Å². The summed E-state index contributed by atoms with van der Waals surface area (Å²) < 4.78 is 6.12. The molecule has 0 bridgehead atoms. The van der Waals surface area contributed by atoms with Crippen LogP contribution in [0.5, 0.6) is 5.75 Å². The lowest BCUT2D eigenvalue weighted by atomic mass is 10.1. The topological polar surface area (TPSA) is 67.4 Å². The number of nitrogens with one attached hydrogen (secondary N) is 2. The summed E-state index contributed by atoms with van der Waals surface area (Å²) in [5.74, 6) is -0.193. The van der Waals surface area contributed by atoms with E-state index in [1.54, 1.807) is 24.3 Å². The zero-order chi connectivity index (χ0) is 16.8. The number of hydrogen-bond acceptors (Lipinski definition) is 3. The average Bonchev–Trinajstić information content (AvgIpc) is 2.54. The first kappa shape index (κ1) is 17.0. The molecule has 120 valence electrons. The Morgan fingerprint density at radius 3 is 2.57 bits per heavy atom. The van der Waals surface area contributed by atoms with Crippen LogP contribution in [0, 0.1) is 13.8 Å². The number of benzene rings is 2. The van der Waals surface area contributed by atoms with Crippen LogP contribution in [0.4, 0.5) is 0 Å². The Balaban J connectivity index is 1.85. The van der Waals surface area contributed by atoms with Gasteiger partial charge in [0.15, 0.2) is 6.61 Å². The molecule has 0 aliphatic rings. The van der Waals surface area contributed by atoms with Crippen LogP contribution >= 0.6 is 15.9 Å². The quantitative estimate of drug-likeness (QED) is 0.806. The smallest absolute Gasteiger partial charge is 0.276 e. The van der Waals surface area contributed by atoms with E-state index in [9.17, 15) is 9.59 Å². The summed E-state index contributed by atoms with van der Waals surface area (Å²) >= 11 is 3.28. The summed E-state index contributed by atoms with van der Waals surface area (Å²) in [5, 5.41) is 0. The maximum Gasteiger partial charge on any atom is 0.276 e. The number of hydrazine groups is 1. The number of hydrogen-bond donors (Lipinski definition) is 2. The van der Waals surface area contributed by atoms with Gasteiger partial charge in [0.25, 0.3) is 11.8 Å². The molecule has 2 amide bonds. The molecule has 0 aliphatic carbocycles. The first-order chi connectivity index (χ1) is 11.0. The molecular weight excluding hydrogens is 360 g/mol. The van der Waals surface area contributed by atoms with E-state index in [-0.39, 0.29) is 6.61 Å². The maximum absolute atomic E-state index is 11.9. The van der Waals surface area contributed by atoms with Gasteiger partial charge in [-0.3, -0.25) is 20.4 Å². The van der Waals surface area contributed by atoms with Crippen molar-refractivity contribution in [1.82, 2.24) is 10.9 Å². The molecule has 0 heterocycles. The third kappa shape index (κ3) is 4.82. The molecule has 23 heavy (non-hydrogen) atoms. The van der Waals surface area contributed by atoms with Gasteiger partial charge in [0, 0.05) is 4.47 Å². The molecule has 2 rings (SSSR count). The Bertz CT molecular complexity index is 732. The number of ether oxygens (including phenoxy) is 1. The monoisotopic (exact) mass is 376 g/mol. The summed E-state index contributed by atoms with van der Waals surface area (Å²) in [6, 6.07) is 12.7. The minimum Gasteiger partial charge on any atom is -0.483 e. The van der Waals surface area contributed by atoms with Crippen molar-refractivity contribution in [3.05, 3.63) is 63.6 Å². The molecule has 2 aromatic carbocycles. The van der Waals surface area contributed by atoms with Gasteiger partial charge in [-0.1, -0.05) is 24.3 Å². The summed E-state index contributed by atoms with van der Waals surface area (Å²) in [6.07, 6.45) is 0. The molecule has 0 saturated carbocycles. The van der Waals surface area contributed by atoms with Crippen molar-refractivity contribution in [3.63, 3.8) is 0 Å². The molecule has 0 atom stereocenters. The maximum atomic E-state index is 11.9. The molecule has 2 N–H and O–H groups in total. The van der Waals surface area contributed by atoms with Crippen LogP contribution in [0.25, 0.3) is 0 Å². The molecule has 0 saturated heterocycles. The predicted octanol–water partition coefficient (Wildman–Crippen LogP) is 2.91. The van der Waals surface area contributed by atoms with E-state index >= 15 is 0 Å². The lowest BCUT2D eigenvalue weighted by molar-refractivity contribution is -0.123. The third-order valence-electron chi connectivity index (χ3n) is 3.14. The molecule has 2 aromatic rings. The fourth-order valence-corrected chi connectivity index (χ4v) is 2.35. The van der Waals surface area contributed by atoms with E-state index in [0.717, 1.165) is 11.1 Å². The number of carbonyl (C=O) groups excluding carboxylic acids is 2. The molecule has 0 fully saturated rings. The SMILES string of the molecule is Cc1ccc(C)c(OCC(=O)NNC(=O)c2ccccc2Br)c1. The van der Waals surface area contributed by atoms with Gasteiger partial charge in [-0.2, -0.15) is 0 Å². The Hall–Kier alpha value is -2.34. The van der Waals surface area contributed by atoms with E-state index in [2.05, 4.69) is 26.8 Å². The average molecular weight is 377 g/mol. The first-order valence-electron chi connectivity index (χ1n) is 7.01. The van der Waals surface area contributed by atoms with Crippen molar-refractivity contribution in [3.8, 4) is 5.75 Å². The van der Waals surface area contributed by atoms with Crippen molar-refractivity contribution in [1.29, 1.82) is 0 Å². The fraction of sp³-hybridized carbons (Fsp3) is 0.176. The molecule has 0 spiro atoms. The summed E-state index contributed by atoms with van der Waals surface area (Å²) in [7, 11) is 0. The number of halogens is 1. The van der Waals surface area contributed by atoms with E-state index in [0.29, 0.717) is 15.8 Å². The molecular formula is C17H17BrN2O3. The van der Waals surface area contributed by atoms with Crippen molar-refractivity contribution in [2.75, 3.05) is 6.61 Å². The summed E-state index contributed by atoms with van der Waals surface area (Å²) in [5.41, 5.74) is 7.11. The minimum absolute atomic E-state index is 0.180. The number of rotatable bonds is 4. The van der Waals surface area contributed by atoms with Gasteiger partial charge in [0.05, 0.1) is 5.56 Å². The van der Waals surface area contributed by atoms with E-state index in [1.165, 1.54) is 0 Å². The van der Waals surface area contributed by atoms with Crippen molar-refractivity contribution in [2.24, 2.45) is 0 Å². The van der Waals surface area contributed by atoms with Gasteiger partial charge in [-0.25, -0.2) is 0 Å². The zero-order valence-corrected chi connectivity index (χ0v) is 14.4. The van der Waals surface area contributed by atoms with Crippen LogP contribution in [-0.2, 0) is 4.79 Å². The van der Waals surface area contributed by atoms with Gasteiger partial charge in [-0.05, 0) is 59.1 Å². The fourth-order valence-electron chi connectivity index (χ4n) is 1.88. The second-order valence-corrected chi connectivity index (χ2v) is 5.89. The standard InChI is InChI=1S/C17H17BrN2O3/c1-11-7-8-12(2)15(9-11)23-10-16(21)19-20-17(22)13-5-3-4-6-14(13)18/h3-9H,10H2,1-2H3,(H,19,21)(H,20,22). The van der Waals surface area contributed by atoms with E-state index < -0.39 is 11.8 Å². The second kappa shape index (κ2) is 7.78. The molecule has 0 radical (unpaired) electrons. The highest BCUT2D eigenvalue weighted by molar-refractivity contribution is 9.10. The van der Waals surface area contributed by atoms with Crippen LogP contribution < -0.4 is 15.6 Å². The second-order valence-electron chi connectivity index (χ2n) is 5.04. The van der Waals surface area contributed by atoms with Crippen molar-refractivity contribution < 1.29 is 14.3 Å². The Morgan fingerprint density at radius 1 is 1.09 bits per heavy atom. The van der Waals surface area contributed by atoms with Crippen LogP contribution in [0.2, 0.25) is 0 Å². The van der Waals surface area contributed by atoms with Gasteiger partial charge in [-0.15, -0.1) is 0 Å². The van der Waals surface area contributed by atoms with Crippen molar-refractivity contribution in [2.45, 2.75) is 13.8 Å². The molecule has 6 heteroatoms. The van der Waals surface area contributed by atoms with Crippen LogP contribution in [0.1, 0.15) is 21.5 Å². The van der Waals surface area contributed by atoms with Crippen LogP contribution in [0.3, 0.4) is 0 Å². The Kier molecular flexibility index (Phi) is 5.76. The highest BCUT2D eigenvalue weighted by Gasteiger charge is 2.11. The summed E-state index contributed by atoms with van der Waals surface area (Å²) in [4.78, 5) is 23.7. The van der Waals surface area contributed by atoms with Gasteiger partial charge < -0.3 is 4.74 Å². The zero-order valence-electron chi connectivity index (χ0n) is 12.9. The molecule has 0 aliphatic heterocycles. The van der Waals surface area contributed by atoms with Gasteiger partial charge in [0.1, 0.15) is 5.75 Å². The molecule has 0 unspecified atom stereocenters. The van der Waals surface area contributed by atoms with Gasteiger partial charge >= 0.3 is 0 Å².